The van der Waals surface area contributed by atoms with Gasteiger partial charge in [-0.3, -0.25) is 0 Å². The van der Waals surface area contributed by atoms with Crippen LogP contribution in [0.3, 0.4) is 0 Å². The van der Waals surface area contributed by atoms with E-state index in [0.29, 0.717) is 18.7 Å². The molecule has 1 amide bonds. The number of fused-ring (bicyclic) bond motifs is 1. The van der Waals surface area contributed by atoms with Gasteiger partial charge in [0.05, 0.1) is 12.7 Å². The summed E-state index contributed by atoms with van der Waals surface area (Å²) in [6, 6.07) is 21.4. The largest absolute Gasteiger partial charge is 0.489 e. The third kappa shape index (κ3) is 9.08. The van der Waals surface area contributed by atoms with Crippen LogP contribution >= 0.6 is 0 Å². The number of carbonyl (C=O) groups excluding carboxylic acids is 2. The zero-order chi connectivity index (χ0) is 29.2. The Morgan fingerprint density at radius 1 is 0.927 bits per heavy atom. The minimum atomic E-state index is -0.604. The van der Waals surface area contributed by atoms with E-state index in [1.54, 1.807) is 17.0 Å². The molecule has 1 heterocycles. The second kappa shape index (κ2) is 14.2. The number of methoxy groups -OCH3 is 1. The van der Waals surface area contributed by atoms with Gasteiger partial charge in [0.2, 0.25) is 0 Å². The summed E-state index contributed by atoms with van der Waals surface area (Å²) in [5.41, 5.74) is 1.69. The summed E-state index contributed by atoms with van der Waals surface area (Å²) in [5.74, 6) is 0.404. The molecular weight excluding hydrogens is 516 g/mol. The number of rotatable bonds is 10. The number of amides is 1. The van der Waals surface area contributed by atoms with Gasteiger partial charge in [-0.2, -0.15) is 0 Å². The molecule has 0 aliphatic carbocycles. The summed E-state index contributed by atoms with van der Waals surface area (Å²) >= 11 is 0. The van der Waals surface area contributed by atoms with E-state index in [-0.39, 0.29) is 18.7 Å². The summed E-state index contributed by atoms with van der Waals surface area (Å²) in [6.07, 6.45) is 5.33. The van der Waals surface area contributed by atoms with E-state index in [1.807, 2.05) is 69.3 Å². The fraction of sp³-hybridized carbons (Fsp3) is 0.412. The molecule has 0 saturated carbocycles. The molecule has 1 fully saturated rings. The highest BCUT2D eigenvalue weighted by Gasteiger charge is 2.24. The molecule has 1 saturated heterocycles. The first-order chi connectivity index (χ1) is 19.7. The molecule has 0 aromatic heterocycles. The van der Waals surface area contributed by atoms with Gasteiger partial charge >= 0.3 is 12.1 Å². The van der Waals surface area contributed by atoms with Crippen LogP contribution in [0.2, 0.25) is 0 Å². The third-order valence-corrected chi connectivity index (χ3v) is 7.05. The van der Waals surface area contributed by atoms with E-state index < -0.39 is 5.60 Å². The number of nitrogens with zero attached hydrogens (tertiary/aromatic N) is 2. The van der Waals surface area contributed by atoms with Crippen molar-refractivity contribution in [1.29, 1.82) is 0 Å². The Hall–Kier alpha value is -3.84. The monoisotopic (exact) mass is 558 g/mol. The van der Waals surface area contributed by atoms with Gasteiger partial charge in [0, 0.05) is 25.0 Å². The Bertz CT molecular complexity index is 1330. The molecule has 3 aromatic carbocycles. The number of likely N-dealkylation sites (tertiary alicyclic amines) is 1. The van der Waals surface area contributed by atoms with Crippen molar-refractivity contribution in [2.24, 2.45) is 0 Å². The van der Waals surface area contributed by atoms with Gasteiger partial charge in [-0.15, -0.1) is 0 Å². The number of hydrogen-bond donors (Lipinski definition) is 0. The molecule has 218 valence electrons. The topological polar surface area (TPSA) is 68.3 Å². The van der Waals surface area contributed by atoms with E-state index in [2.05, 4.69) is 17.0 Å². The first kappa shape index (κ1) is 30.1. The van der Waals surface area contributed by atoms with Crippen LogP contribution in [0.5, 0.6) is 5.75 Å². The highest BCUT2D eigenvalue weighted by molar-refractivity contribution is 5.89. The minimum Gasteiger partial charge on any atom is -0.489 e. The maximum absolute atomic E-state index is 13.4. The molecule has 0 atom stereocenters. The van der Waals surface area contributed by atoms with Crippen molar-refractivity contribution in [3.05, 3.63) is 83.4 Å². The first-order valence-corrected chi connectivity index (χ1v) is 14.4. The molecule has 0 bridgehead atoms. The number of carbonyl (C=O) groups is 2. The van der Waals surface area contributed by atoms with Crippen LogP contribution in [0, 0.1) is 0 Å². The van der Waals surface area contributed by atoms with Crippen LogP contribution in [0.1, 0.15) is 56.0 Å². The molecule has 0 unspecified atom stereocenters. The van der Waals surface area contributed by atoms with Crippen LogP contribution in [-0.4, -0.2) is 73.9 Å². The van der Waals surface area contributed by atoms with Crippen molar-refractivity contribution in [3.63, 3.8) is 0 Å². The lowest BCUT2D eigenvalue weighted by atomic mass is 10.1. The van der Waals surface area contributed by atoms with Crippen LogP contribution < -0.4 is 4.74 Å². The van der Waals surface area contributed by atoms with E-state index in [4.69, 9.17) is 14.2 Å². The highest BCUT2D eigenvalue weighted by Crippen LogP contribution is 2.26. The van der Waals surface area contributed by atoms with Crippen molar-refractivity contribution in [2.75, 3.05) is 46.4 Å². The van der Waals surface area contributed by atoms with E-state index in [1.165, 1.54) is 26.4 Å². The second-order valence-corrected chi connectivity index (χ2v) is 11.5. The van der Waals surface area contributed by atoms with Gasteiger partial charge in [0.1, 0.15) is 18.0 Å². The maximum atomic E-state index is 13.4. The normalized spacial score (nSPS) is 14.5. The van der Waals surface area contributed by atoms with Crippen LogP contribution in [0.15, 0.2) is 72.3 Å². The van der Waals surface area contributed by atoms with Gasteiger partial charge in [-0.1, -0.05) is 61.0 Å². The first-order valence-electron chi connectivity index (χ1n) is 14.4. The SMILES string of the molecule is COC(=O)c1ccc(/C=C(\COc2cccc3ccccc23)CN(CCN2CCCCC2)C(=O)OC(C)(C)C)cc1. The predicted molar refractivity (Wildman–Crippen MR) is 163 cm³/mol. The molecule has 41 heavy (non-hydrogen) atoms. The lowest BCUT2D eigenvalue weighted by Crippen LogP contribution is -2.43. The lowest BCUT2D eigenvalue weighted by Gasteiger charge is -2.32. The molecule has 0 N–H and O–H groups in total. The standard InChI is InChI=1S/C34H42N2O5/c1-34(2,3)41-33(38)36(22-21-35-19-8-5-9-20-35)24-27(23-26-15-17-29(18-16-26)32(37)39-4)25-40-31-14-10-12-28-11-6-7-13-30(28)31/h6-7,10-18,23H,5,8-9,19-22,24-25H2,1-4H3/b27-23-. The van der Waals surface area contributed by atoms with Crippen molar-refractivity contribution in [2.45, 2.75) is 45.6 Å². The molecule has 3 aromatic rings. The Kier molecular flexibility index (Phi) is 10.4. The number of benzene rings is 3. The molecular formula is C34H42N2O5. The summed E-state index contributed by atoms with van der Waals surface area (Å²) in [6.45, 7) is 9.77. The molecule has 7 nitrogen and oxygen atoms in total. The predicted octanol–water partition coefficient (Wildman–Crippen LogP) is 6.81. The van der Waals surface area contributed by atoms with E-state index in [9.17, 15) is 9.59 Å². The Balaban J connectivity index is 1.60. The molecule has 1 aliphatic rings. The molecule has 4 rings (SSSR count). The fourth-order valence-corrected chi connectivity index (χ4v) is 4.95. The Labute approximate surface area is 243 Å². The molecule has 7 heteroatoms. The maximum Gasteiger partial charge on any atom is 0.410 e. The number of hydrogen-bond acceptors (Lipinski definition) is 6. The van der Waals surface area contributed by atoms with E-state index in [0.717, 1.165) is 47.3 Å². The number of esters is 1. The average molecular weight is 559 g/mol. The third-order valence-electron chi connectivity index (χ3n) is 7.05. The van der Waals surface area contributed by atoms with E-state index >= 15 is 0 Å². The lowest BCUT2D eigenvalue weighted by molar-refractivity contribution is 0.0243. The van der Waals surface area contributed by atoms with Crippen molar-refractivity contribution in [3.8, 4) is 5.75 Å². The van der Waals surface area contributed by atoms with Gasteiger partial charge in [-0.25, -0.2) is 9.59 Å². The van der Waals surface area contributed by atoms with Gasteiger partial charge in [0.25, 0.3) is 0 Å². The number of ether oxygens (including phenoxy) is 3. The molecule has 0 spiro atoms. The van der Waals surface area contributed by atoms with Gasteiger partial charge in [0.15, 0.2) is 0 Å². The van der Waals surface area contributed by atoms with Gasteiger partial charge < -0.3 is 24.0 Å². The summed E-state index contributed by atoms with van der Waals surface area (Å²) < 4.78 is 17.0. The van der Waals surface area contributed by atoms with Crippen LogP contribution in [0.4, 0.5) is 4.79 Å². The van der Waals surface area contributed by atoms with Crippen molar-refractivity contribution >= 4 is 28.9 Å². The second-order valence-electron chi connectivity index (χ2n) is 11.5. The van der Waals surface area contributed by atoms with Gasteiger partial charge in [-0.05, 0) is 81.4 Å². The van der Waals surface area contributed by atoms with Crippen LogP contribution in [0.25, 0.3) is 16.8 Å². The highest BCUT2D eigenvalue weighted by atomic mass is 16.6. The summed E-state index contributed by atoms with van der Waals surface area (Å²) in [5, 5.41) is 2.14. The average Bonchev–Trinajstić information content (AvgIpc) is 2.97. The fourth-order valence-electron chi connectivity index (χ4n) is 4.95. The zero-order valence-corrected chi connectivity index (χ0v) is 24.7. The smallest absolute Gasteiger partial charge is 0.410 e. The number of piperidine rings is 1. The summed E-state index contributed by atoms with van der Waals surface area (Å²) in [4.78, 5) is 29.5. The van der Waals surface area contributed by atoms with Crippen LogP contribution in [-0.2, 0) is 9.47 Å². The van der Waals surface area contributed by atoms with Crippen molar-refractivity contribution in [1.82, 2.24) is 9.80 Å². The Morgan fingerprint density at radius 2 is 1.63 bits per heavy atom. The molecule has 0 radical (unpaired) electrons. The van der Waals surface area contributed by atoms with Crippen molar-refractivity contribution < 1.29 is 23.8 Å². The zero-order valence-electron chi connectivity index (χ0n) is 24.7. The Morgan fingerprint density at radius 3 is 2.34 bits per heavy atom. The molecule has 1 aliphatic heterocycles. The minimum absolute atomic E-state index is 0.287. The summed E-state index contributed by atoms with van der Waals surface area (Å²) in [7, 11) is 1.37. The quantitative estimate of drug-likeness (QED) is 0.255.